The molecule has 1 heterocycles. The summed E-state index contributed by atoms with van der Waals surface area (Å²) in [7, 11) is 1.69. The number of Topliss-reactive ketones (excluding diaryl/α,β-unsaturated/α-hetero) is 1. The van der Waals surface area contributed by atoms with Gasteiger partial charge in [-0.15, -0.1) is 0 Å². The lowest BCUT2D eigenvalue weighted by Crippen LogP contribution is -2.44. The number of likely N-dealkylation sites (N-methyl/N-ethyl adjacent to an activating group) is 1. The first-order valence-electron chi connectivity index (χ1n) is 6.34. The van der Waals surface area contributed by atoms with E-state index in [9.17, 15) is 9.59 Å². The van der Waals surface area contributed by atoms with Crippen LogP contribution in [0.3, 0.4) is 0 Å². The van der Waals surface area contributed by atoms with Crippen LogP contribution < -0.4 is 15.4 Å². The standard InChI is InChI=1S/C14H18N2O3/c1-9-4-3-5-10-13(18)11(6-7-19-14(9)10)16-12(17)8-15-2/h3-5,11,15H,6-8H2,1-2H3,(H,16,17). The molecule has 0 fully saturated rings. The minimum absolute atomic E-state index is 0.0827. The maximum Gasteiger partial charge on any atom is 0.234 e. The van der Waals surface area contributed by atoms with E-state index >= 15 is 0 Å². The zero-order valence-corrected chi connectivity index (χ0v) is 11.2. The van der Waals surface area contributed by atoms with Gasteiger partial charge in [0.25, 0.3) is 0 Å². The molecule has 0 saturated heterocycles. The third-order valence-electron chi connectivity index (χ3n) is 3.12. The van der Waals surface area contributed by atoms with Crippen LogP contribution in [0.4, 0.5) is 0 Å². The van der Waals surface area contributed by atoms with Crippen molar-refractivity contribution in [1.29, 1.82) is 0 Å². The number of hydrogen-bond donors (Lipinski definition) is 2. The van der Waals surface area contributed by atoms with Crippen LogP contribution in [0.25, 0.3) is 0 Å². The van der Waals surface area contributed by atoms with Crippen LogP contribution in [0.5, 0.6) is 5.75 Å². The quantitative estimate of drug-likeness (QED) is 0.840. The minimum Gasteiger partial charge on any atom is -0.492 e. The summed E-state index contributed by atoms with van der Waals surface area (Å²) in [6.07, 6.45) is 0.488. The lowest BCUT2D eigenvalue weighted by Gasteiger charge is -2.14. The lowest BCUT2D eigenvalue weighted by molar-refractivity contribution is -0.120. The molecule has 5 heteroatoms. The van der Waals surface area contributed by atoms with Crippen molar-refractivity contribution in [3.63, 3.8) is 0 Å². The van der Waals surface area contributed by atoms with E-state index in [0.717, 1.165) is 5.56 Å². The van der Waals surface area contributed by atoms with Crippen molar-refractivity contribution in [2.75, 3.05) is 20.2 Å². The highest BCUT2D eigenvalue weighted by Gasteiger charge is 2.28. The van der Waals surface area contributed by atoms with Gasteiger partial charge in [0, 0.05) is 6.42 Å². The maximum absolute atomic E-state index is 12.4. The van der Waals surface area contributed by atoms with Crippen LogP contribution in [0.2, 0.25) is 0 Å². The number of carbonyl (C=O) groups excluding carboxylic acids is 2. The van der Waals surface area contributed by atoms with Crippen LogP contribution in [0.15, 0.2) is 18.2 Å². The number of rotatable bonds is 3. The molecule has 0 saturated carbocycles. The summed E-state index contributed by atoms with van der Waals surface area (Å²) < 4.78 is 5.63. The molecule has 0 radical (unpaired) electrons. The van der Waals surface area contributed by atoms with E-state index in [-0.39, 0.29) is 18.2 Å². The number of aryl methyl sites for hydroxylation is 1. The van der Waals surface area contributed by atoms with Crippen molar-refractivity contribution in [2.24, 2.45) is 0 Å². The van der Waals surface area contributed by atoms with Crippen molar-refractivity contribution >= 4 is 11.7 Å². The zero-order chi connectivity index (χ0) is 13.8. The Morgan fingerprint density at radius 3 is 3.00 bits per heavy atom. The predicted octanol–water partition coefficient (Wildman–Crippen LogP) is 0.664. The Morgan fingerprint density at radius 1 is 1.47 bits per heavy atom. The van der Waals surface area contributed by atoms with E-state index in [4.69, 9.17) is 4.74 Å². The third kappa shape index (κ3) is 2.93. The van der Waals surface area contributed by atoms with Gasteiger partial charge in [0.1, 0.15) is 5.75 Å². The number of nitrogens with one attached hydrogen (secondary N) is 2. The molecule has 1 aliphatic heterocycles. The molecule has 0 spiro atoms. The highest BCUT2D eigenvalue weighted by atomic mass is 16.5. The predicted molar refractivity (Wildman–Crippen MR) is 71.5 cm³/mol. The molecule has 0 aromatic heterocycles. The Balaban J connectivity index is 2.21. The molecule has 1 aromatic rings. The lowest BCUT2D eigenvalue weighted by atomic mass is 10.00. The first kappa shape index (κ1) is 13.5. The fourth-order valence-corrected chi connectivity index (χ4v) is 2.18. The summed E-state index contributed by atoms with van der Waals surface area (Å²) in [5, 5.41) is 5.50. The van der Waals surface area contributed by atoms with E-state index in [0.29, 0.717) is 24.3 Å². The van der Waals surface area contributed by atoms with E-state index in [2.05, 4.69) is 10.6 Å². The van der Waals surface area contributed by atoms with Gasteiger partial charge in [-0.25, -0.2) is 0 Å². The number of carbonyl (C=O) groups is 2. The largest absolute Gasteiger partial charge is 0.492 e. The molecule has 1 aliphatic rings. The molecule has 1 unspecified atom stereocenters. The van der Waals surface area contributed by atoms with Gasteiger partial charge < -0.3 is 15.4 Å². The molecule has 1 amide bonds. The molecule has 0 aliphatic carbocycles. The molecule has 1 aromatic carbocycles. The number of benzene rings is 1. The van der Waals surface area contributed by atoms with E-state index in [1.54, 1.807) is 13.1 Å². The highest BCUT2D eigenvalue weighted by Crippen LogP contribution is 2.27. The Labute approximate surface area is 112 Å². The summed E-state index contributed by atoms with van der Waals surface area (Å²) in [5.41, 5.74) is 1.49. The molecule has 2 rings (SSSR count). The SMILES string of the molecule is CNCC(=O)NC1CCOc2c(C)cccc2C1=O. The molecule has 19 heavy (non-hydrogen) atoms. The molecule has 2 N–H and O–H groups in total. The molecule has 102 valence electrons. The van der Waals surface area contributed by atoms with Gasteiger partial charge >= 0.3 is 0 Å². The molecular formula is C14H18N2O3. The van der Waals surface area contributed by atoms with Gasteiger partial charge in [0.2, 0.25) is 5.91 Å². The molecule has 5 nitrogen and oxygen atoms in total. The van der Waals surface area contributed by atoms with Crippen molar-refractivity contribution in [1.82, 2.24) is 10.6 Å². The highest BCUT2D eigenvalue weighted by molar-refractivity contribution is 6.04. The number of para-hydroxylation sites is 1. The van der Waals surface area contributed by atoms with Gasteiger partial charge in [0.15, 0.2) is 5.78 Å². The second-order valence-corrected chi connectivity index (χ2v) is 4.60. The summed E-state index contributed by atoms with van der Waals surface area (Å²) in [6, 6.07) is 4.97. The number of fused-ring (bicyclic) bond motifs is 1. The first-order chi connectivity index (χ1) is 9.13. The Morgan fingerprint density at radius 2 is 2.26 bits per heavy atom. The Hall–Kier alpha value is -1.88. The molecular weight excluding hydrogens is 244 g/mol. The van der Waals surface area contributed by atoms with Gasteiger partial charge in [-0.1, -0.05) is 12.1 Å². The van der Waals surface area contributed by atoms with E-state index in [1.807, 2.05) is 19.1 Å². The normalized spacial score (nSPS) is 18.2. The third-order valence-corrected chi connectivity index (χ3v) is 3.12. The minimum atomic E-state index is -0.510. The smallest absolute Gasteiger partial charge is 0.234 e. The van der Waals surface area contributed by atoms with Crippen LogP contribution >= 0.6 is 0 Å². The Bertz CT molecular complexity index is 499. The van der Waals surface area contributed by atoms with Gasteiger partial charge in [-0.2, -0.15) is 0 Å². The van der Waals surface area contributed by atoms with Crippen molar-refractivity contribution in [2.45, 2.75) is 19.4 Å². The monoisotopic (exact) mass is 262 g/mol. The maximum atomic E-state index is 12.4. The van der Waals surface area contributed by atoms with Crippen LogP contribution in [0, 0.1) is 6.92 Å². The average Bonchev–Trinajstić information content (AvgIpc) is 2.53. The van der Waals surface area contributed by atoms with Crippen LogP contribution in [0.1, 0.15) is 22.3 Å². The van der Waals surface area contributed by atoms with E-state index in [1.165, 1.54) is 0 Å². The summed E-state index contributed by atoms with van der Waals surface area (Å²) >= 11 is 0. The van der Waals surface area contributed by atoms with Gasteiger partial charge in [-0.3, -0.25) is 9.59 Å². The number of amides is 1. The second kappa shape index (κ2) is 5.84. The summed E-state index contributed by atoms with van der Waals surface area (Å²) in [6.45, 7) is 2.53. The van der Waals surface area contributed by atoms with E-state index < -0.39 is 6.04 Å². The van der Waals surface area contributed by atoms with Crippen molar-refractivity contribution in [3.05, 3.63) is 29.3 Å². The number of ketones is 1. The van der Waals surface area contributed by atoms with Crippen molar-refractivity contribution in [3.8, 4) is 5.75 Å². The number of ether oxygens (including phenoxy) is 1. The fraction of sp³-hybridized carbons (Fsp3) is 0.429. The average molecular weight is 262 g/mol. The summed E-state index contributed by atoms with van der Waals surface area (Å²) in [4.78, 5) is 24.0. The molecule has 1 atom stereocenters. The van der Waals surface area contributed by atoms with Gasteiger partial charge in [-0.05, 0) is 25.6 Å². The topological polar surface area (TPSA) is 67.4 Å². The van der Waals surface area contributed by atoms with Crippen LogP contribution in [-0.4, -0.2) is 37.9 Å². The number of hydrogen-bond acceptors (Lipinski definition) is 4. The summed E-state index contributed by atoms with van der Waals surface area (Å²) in [5.74, 6) is 0.371. The van der Waals surface area contributed by atoms with Gasteiger partial charge in [0.05, 0.1) is 24.8 Å². The zero-order valence-electron chi connectivity index (χ0n) is 11.2. The van der Waals surface area contributed by atoms with Crippen molar-refractivity contribution < 1.29 is 14.3 Å². The fourth-order valence-electron chi connectivity index (χ4n) is 2.18. The molecule has 0 bridgehead atoms. The first-order valence-corrected chi connectivity index (χ1v) is 6.34. The Kier molecular flexibility index (Phi) is 4.16. The van der Waals surface area contributed by atoms with Crippen LogP contribution in [-0.2, 0) is 4.79 Å². The second-order valence-electron chi connectivity index (χ2n) is 4.60.